The molecule has 0 radical (unpaired) electrons. The van der Waals surface area contributed by atoms with E-state index in [1.807, 2.05) is 36.5 Å². The summed E-state index contributed by atoms with van der Waals surface area (Å²) in [7, 11) is 1.52. The van der Waals surface area contributed by atoms with E-state index in [0.29, 0.717) is 11.1 Å². The van der Waals surface area contributed by atoms with Crippen LogP contribution in [0, 0.1) is 0 Å². The van der Waals surface area contributed by atoms with Gasteiger partial charge in [-0.15, -0.1) is 0 Å². The molecular weight excluding hydrogens is 214 g/mol. The number of amides is 2. The van der Waals surface area contributed by atoms with Gasteiger partial charge in [0.25, 0.3) is 11.8 Å². The molecule has 0 aromatic rings. The molecule has 2 bridgehead atoms. The number of hydrogen-bond donors (Lipinski definition) is 0. The second kappa shape index (κ2) is 3.42. The van der Waals surface area contributed by atoms with Gasteiger partial charge in [0, 0.05) is 7.05 Å². The first kappa shape index (κ1) is 10.0. The lowest BCUT2D eigenvalue weighted by molar-refractivity contribution is -0.134. The van der Waals surface area contributed by atoms with Gasteiger partial charge in [-0.2, -0.15) is 0 Å². The number of carbonyl (C=O) groups excluding carboxylic acids is 2. The molecule has 1 aliphatic heterocycles. The zero-order chi connectivity index (χ0) is 12.0. The molecule has 1 heterocycles. The number of likely N-dealkylation sites (tertiary alicyclic amines) is 1. The molecule has 2 aliphatic carbocycles. The summed E-state index contributed by atoms with van der Waals surface area (Å²) >= 11 is 0. The van der Waals surface area contributed by atoms with Crippen molar-refractivity contribution in [2.24, 2.45) is 0 Å². The minimum atomic E-state index is -0.210. The van der Waals surface area contributed by atoms with Crippen LogP contribution in [-0.2, 0) is 9.59 Å². The molecule has 3 nitrogen and oxygen atoms in total. The standard InChI is InChI=1S/C14H11NO2/c1-15-13(16)11-7-9-4-2-3-5-10(6-9)8-12(11)14(15)17/h2-5,7-8H,6H2,1H3. The van der Waals surface area contributed by atoms with Crippen LogP contribution in [0.3, 0.4) is 0 Å². The normalized spacial score (nSPS) is 22.3. The number of carbonyl (C=O) groups is 2. The molecule has 0 unspecified atom stereocenters. The van der Waals surface area contributed by atoms with Crippen molar-refractivity contribution in [1.29, 1.82) is 0 Å². The Bertz CT molecular complexity index is 535. The highest BCUT2D eigenvalue weighted by Crippen LogP contribution is 2.32. The molecule has 0 saturated carbocycles. The van der Waals surface area contributed by atoms with Crippen molar-refractivity contribution in [3.8, 4) is 0 Å². The Balaban J connectivity index is 2.24. The summed E-state index contributed by atoms with van der Waals surface area (Å²) in [6.45, 7) is 0. The number of allylic oxidation sites excluding steroid dienone is 8. The van der Waals surface area contributed by atoms with Crippen LogP contribution in [0.5, 0.6) is 0 Å². The molecule has 0 spiro atoms. The fourth-order valence-electron chi connectivity index (χ4n) is 2.24. The summed E-state index contributed by atoms with van der Waals surface area (Å²) in [6, 6.07) is 0. The smallest absolute Gasteiger partial charge is 0.261 e. The lowest BCUT2D eigenvalue weighted by Crippen LogP contribution is -2.24. The van der Waals surface area contributed by atoms with Crippen molar-refractivity contribution in [2.75, 3.05) is 7.05 Å². The maximum Gasteiger partial charge on any atom is 0.261 e. The predicted molar refractivity (Wildman–Crippen MR) is 63.9 cm³/mol. The first-order chi connectivity index (χ1) is 8.16. The van der Waals surface area contributed by atoms with Crippen molar-refractivity contribution < 1.29 is 9.59 Å². The predicted octanol–water partition coefficient (Wildman–Crippen LogP) is 1.66. The van der Waals surface area contributed by atoms with Crippen molar-refractivity contribution in [1.82, 2.24) is 4.90 Å². The summed E-state index contributed by atoms with van der Waals surface area (Å²) in [5.74, 6) is -0.420. The summed E-state index contributed by atoms with van der Waals surface area (Å²) < 4.78 is 0. The van der Waals surface area contributed by atoms with Crippen LogP contribution < -0.4 is 0 Å². The monoisotopic (exact) mass is 225 g/mol. The third-order valence-corrected chi connectivity index (χ3v) is 3.16. The van der Waals surface area contributed by atoms with E-state index in [2.05, 4.69) is 0 Å². The Morgan fingerprint density at radius 1 is 0.941 bits per heavy atom. The number of imide groups is 1. The van der Waals surface area contributed by atoms with E-state index in [1.54, 1.807) is 0 Å². The molecule has 0 aromatic heterocycles. The van der Waals surface area contributed by atoms with Gasteiger partial charge < -0.3 is 0 Å². The molecule has 3 heteroatoms. The third-order valence-electron chi connectivity index (χ3n) is 3.16. The van der Waals surface area contributed by atoms with Gasteiger partial charge >= 0.3 is 0 Å². The molecule has 0 N–H and O–H groups in total. The van der Waals surface area contributed by atoms with Crippen LogP contribution in [0.2, 0.25) is 0 Å². The zero-order valence-electron chi connectivity index (χ0n) is 9.43. The molecule has 3 aliphatic rings. The lowest BCUT2D eigenvalue weighted by Gasteiger charge is -2.04. The van der Waals surface area contributed by atoms with Crippen molar-refractivity contribution in [2.45, 2.75) is 6.42 Å². The van der Waals surface area contributed by atoms with Gasteiger partial charge in [-0.25, -0.2) is 0 Å². The first-order valence-corrected chi connectivity index (χ1v) is 5.49. The molecular formula is C14H11NO2. The van der Waals surface area contributed by atoms with Gasteiger partial charge in [-0.1, -0.05) is 24.3 Å². The van der Waals surface area contributed by atoms with E-state index in [-0.39, 0.29) is 11.8 Å². The molecule has 84 valence electrons. The highest BCUT2D eigenvalue weighted by atomic mass is 16.2. The summed E-state index contributed by atoms with van der Waals surface area (Å²) in [5.41, 5.74) is 3.15. The second-order valence-electron chi connectivity index (χ2n) is 4.33. The third kappa shape index (κ3) is 1.43. The fraction of sp³-hybridized carbons (Fsp3) is 0.143. The highest BCUT2D eigenvalue weighted by molar-refractivity contribution is 6.24. The summed E-state index contributed by atoms with van der Waals surface area (Å²) in [6.07, 6.45) is 12.3. The van der Waals surface area contributed by atoms with Gasteiger partial charge in [-0.05, 0) is 29.7 Å². The average Bonchev–Trinajstić information content (AvgIpc) is 2.61. The number of rotatable bonds is 0. The maximum atomic E-state index is 11.9. The Morgan fingerprint density at radius 3 is 1.88 bits per heavy atom. The van der Waals surface area contributed by atoms with E-state index in [9.17, 15) is 9.59 Å². The molecule has 1 fully saturated rings. The zero-order valence-corrected chi connectivity index (χ0v) is 9.43. The Labute approximate surface area is 99.1 Å². The van der Waals surface area contributed by atoms with E-state index in [1.165, 1.54) is 11.9 Å². The Kier molecular flexibility index (Phi) is 2.01. The van der Waals surface area contributed by atoms with Crippen LogP contribution in [-0.4, -0.2) is 23.8 Å². The summed E-state index contributed by atoms with van der Waals surface area (Å²) in [5, 5.41) is 0. The lowest BCUT2D eigenvalue weighted by atomic mass is 10.1. The molecule has 0 atom stereocenters. The quantitative estimate of drug-likeness (QED) is 0.588. The minimum absolute atomic E-state index is 0.210. The van der Waals surface area contributed by atoms with E-state index in [4.69, 9.17) is 0 Å². The Morgan fingerprint density at radius 2 is 1.41 bits per heavy atom. The molecule has 0 aromatic carbocycles. The first-order valence-electron chi connectivity index (χ1n) is 5.49. The molecule has 2 amide bonds. The topological polar surface area (TPSA) is 37.4 Å². The van der Waals surface area contributed by atoms with Crippen LogP contribution in [0.1, 0.15) is 6.42 Å². The number of nitrogens with zero attached hydrogens (tertiary/aromatic N) is 1. The van der Waals surface area contributed by atoms with Crippen LogP contribution in [0.25, 0.3) is 0 Å². The van der Waals surface area contributed by atoms with Crippen molar-refractivity contribution >= 4 is 11.8 Å². The minimum Gasteiger partial charge on any atom is -0.277 e. The van der Waals surface area contributed by atoms with Crippen LogP contribution >= 0.6 is 0 Å². The van der Waals surface area contributed by atoms with E-state index < -0.39 is 0 Å². The molecule has 17 heavy (non-hydrogen) atoms. The van der Waals surface area contributed by atoms with Crippen LogP contribution in [0.4, 0.5) is 0 Å². The molecule has 3 rings (SSSR count). The van der Waals surface area contributed by atoms with Gasteiger partial charge in [0.15, 0.2) is 0 Å². The van der Waals surface area contributed by atoms with Crippen molar-refractivity contribution in [3.63, 3.8) is 0 Å². The molecule has 1 saturated heterocycles. The largest absolute Gasteiger partial charge is 0.277 e. The SMILES string of the molecule is CN1C(=O)C2=CC3=CC=CC=C(C=C2C1=O)C3. The summed E-state index contributed by atoms with van der Waals surface area (Å²) in [4.78, 5) is 25.0. The number of fused-ring (bicyclic) bond motifs is 3. The van der Waals surface area contributed by atoms with E-state index >= 15 is 0 Å². The fourth-order valence-corrected chi connectivity index (χ4v) is 2.24. The Hall–Kier alpha value is -2.16. The van der Waals surface area contributed by atoms with Gasteiger partial charge in [0.1, 0.15) is 0 Å². The van der Waals surface area contributed by atoms with Crippen LogP contribution in [0.15, 0.2) is 58.7 Å². The average molecular weight is 225 g/mol. The van der Waals surface area contributed by atoms with Gasteiger partial charge in [0.05, 0.1) is 11.1 Å². The van der Waals surface area contributed by atoms with Crippen molar-refractivity contribution in [3.05, 3.63) is 58.7 Å². The number of hydrogen-bond acceptors (Lipinski definition) is 2. The number of likely N-dealkylation sites (N-methyl/N-ethyl adjacent to an activating group) is 1. The van der Waals surface area contributed by atoms with Gasteiger partial charge in [0.2, 0.25) is 0 Å². The van der Waals surface area contributed by atoms with Gasteiger partial charge in [-0.3, -0.25) is 14.5 Å². The highest BCUT2D eigenvalue weighted by Gasteiger charge is 2.37. The second-order valence-corrected chi connectivity index (χ2v) is 4.33. The maximum absolute atomic E-state index is 11.9. The van der Waals surface area contributed by atoms with E-state index in [0.717, 1.165) is 17.6 Å².